The number of benzene rings is 3. The summed E-state index contributed by atoms with van der Waals surface area (Å²) in [5.74, 6) is 0.320. The Morgan fingerprint density at radius 3 is 2.38 bits per heavy atom. The van der Waals surface area contributed by atoms with Crippen molar-refractivity contribution in [2.75, 3.05) is 16.3 Å². The van der Waals surface area contributed by atoms with Gasteiger partial charge >= 0.3 is 0 Å². The lowest BCUT2D eigenvalue weighted by Crippen LogP contribution is -2.30. The van der Waals surface area contributed by atoms with E-state index >= 15 is 0 Å². The second-order valence-electron chi connectivity index (χ2n) is 8.42. The molecule has 0 saturated carbocycles. The minimum absolute atomic E-state index is 0.0977. The van der Waals surface area contributed by atoms with Crippen LogP contribution in [0.2, 0.25) is 0 Å². The lowest BCUT2D eigenvalue weighted by atomic mass is 10.1. The molecule has 7 nitrogen and oxygen atoms in total. The first kappa shape index (κ1) is 24.7. The van der Waals surface area contributed by atoms with Crippen molar-refractivity contribution in [1.29, 1.82) is 0 Å². The summed E-state index contributed by atoms with van der Waals surface area (Å²) >= 11 is 1.44. The summed E-state index contributed by atoms with van der Waals surface area (Å²) in [6.07, 6.45) is 2.40. The van der Waals surface area contributed by atoms with E-state index in [0.29, 0.717) is 22.1 Å². The smallest absolute Gasteiger partial charge is 0.264 e. The summed E-state index contributed by atoms with van der Waals surface area (Å²) in [5, 5.41) is 0.554. The minimum Gasteiger partial charge on any atom is -0.467 e. The van der Waals surface area contributed by atoms with Crippen LogP contribution in [-0.2, 0) is 23.0 Å². The number of hydrogen-bond acceptors (Lipinski definition) is 6. The molecule has 2 aromatic heterocycles. The normalized spacial score (nSPS) is 11.5. The number of hydrogen-bond donors (Lipinski definition) is 0. The standard InChI is InChI=1S/C28H25N3O4S2/c1-3-20-9-7-13-25-26(20)29-28(36-25)31(19-23-12-8-18-35-23)27(32)21-14-16-24(17-15-21)37(33,34)30(2)22-10-5-4-6-11-22/h4-18H,3,19H2,1-2H3. The average Bonchev–Trinajstić information content (AvgIpc) is 3.61. The number of para-hydroxylation sites is 2. The maximum absolute atomic E-state index is 13.7. The van der Waals surface area contributed by atoms with Crippen LogP contribution in [0.3, 0.4) is 0 Å². The summed E-state index contributed by atoms with van der Waals surface area (Å²) in [5.41, 5.74) is 2.90. The Labute approximate surface area is 219 Å². The first-order valence-electron chi connectivity index (χ1n) is 11.7. The zero-order chi connectivity index (χ0) is 26.0. The minimum atomic E-state index is -3.79. The zero-order valence-electron chi connectivity index (χ0n) is 20.4. The quantitative estimate of drug-likeness (QED) is 0.241. The third-order valence-electron chi connectivity index (χ3n) is 6.12. The van der Waals surface area contributed by atoms with Crippen LogP contribution >= 0.6 is 11.3 Å². The van der Waals surface area contributed by atoms with E-state index in [1.807, 2.05) is 24.3 Å². The molecule has 0 unspecified atom stereocenters. The highest BCUT2D eigenvalue weighted by molar-refractivity contribution is 7.92. The largest absolute Gasteiger partial charge is 0.467 e. The number of rotatable bonds is 8. The third kappa shape index (κ3) is 4.87. The molecular formula is C28H25N3O4S2. The van der Waals surface area contributed by atoms with Crippen molar-refractivity contribution in [2.24, 2.45) is 0 Å². The molecule has 37 heavy (non-hydrogen) atoms. The lowest BCUT2D eigenvalue weighted by molar-refractivity contribution is 0.0983. The van der Waals surface area contributed by atoms with Crippen LogP contribution in [-0.4, -0.2) is 26.4 Å². The zero-order valence-corrected chi connectivity index (χ0v) is 22.0. The van der Waals surface area contributed by atoms with Crippen LogP contribution in [0.4, 0.5) is 10.8 Å². The Bertz CT molecular complexity index is 1630. The van der Waals surface area contributed by atoms with Crippen molar-refractivity contribution in [2.45, 2.75) is 24.8 Å². The van der Waals surface area contributed by atoms with E-state index < -0.39 is 10.0 Å². The van der Waals surface area contributed by atoms with E-state index in [2.05, 4.69) is 6.92 Å². The molecule has 1 amide bonds. The highest BCUT2D eigenvalue weighted by Gasteiger charge is 2.25. The van der Waals surface area contributed by atoms with Gasteiger partial charge in [-0.1, -0.05) is 48.6 Å². The van der Waals surface area contributed by atoms with Crippen molar-refractivity contribution in [3.63, 3.8) is 0 Å². The number of carbonyl (C=O) groups excluding carboxylic acids is 1. The predicted octanol–water partition coefficient (Wildman–Crippen LogP) is 6.12. The van der Waals surface area contributed by atoms with Gasteiger partial charge in [0.05, 0.1) is 33.6 Å². The molecule has 3 aromatic carbocycles. The number of amides is 1. The molecule has 0 N–H and O–H groups in total. The van der Waals surface area contributed by atoms with Gasteiger partial charge < -0.3 is 4.42 Å². The van der Waals surface area contributed by atoms with Gasteiger partial charge in [-0.25, -0.2) is 13.4 Å². The van der Waals surface area contributed by atoms with Gasteiger partial charge in [0.25, 0.3) is 15.9 Å². The Balaban J connectivity index is 1.48. The first-order chi connectivity index (χ1) is 17.9. The molecule has 188 valence electrons. The van der Waals surface area contributed by atoms with Gasteiger partial charge in [0.1, 0.15) is 5.76 Å². The SMILES string of the molecule is CCc1cccc2sc(N(Cc3ccco3)C(=O)c3ccc(S(=O)(=O)N(C)c4ccccc4)cc3)nc12. The molecule has 0 aliphatic carbocycles. The van der Waals surface area contributed by atoms with E-state index in [1.54, 1.807) is 47.6 Å². The average molecular weight is 532 g/mol. The van der Waals surface area contributed by atoms with Crippen LogP contribution in [0.5, 0.6) is 0 Å². The number of furan rings is 1. The highest BCUT2D eigenvalue weighted by Crippen LogP contribution is 2.33. The molecular weight excluding hydrogens is 506 g/mol. The molecule has 0 atom stereocenters. The van der Waals surface area contributed by atoms with Gasteiger partial charge in [-0.3, -0.25) is 14.0 Å². The molecule has 0 aliphatic rings. The number of nitrogens with zero attached hydrogens (tertiary/aromatic N) is 3. The van der Waals surface area contributed by atoms with Crippen molar-refractivity contribution in [3.8, 4) is 0 Å². The van der Waals surface area contributed by atoms with Crippen molar-refractivity contribution >= 4 is 48.3 Å². The molecule has 0 bridgehead atoms. The fourth-order valence-electron chi connectivity index (χ4n) is 4.04. The van der Waals surface area contributed by atoms with E-state index in [0.717, 1.165) is 22.2 Å². The van der Waals surface area contributed by atoms with Crippen LogP contribution < -0.4 is 9.21 Å². The maximum atomic E-state index is 13.7. The van der Waals surface area contributed by atoms with Gasteiger partial charge in [-0.15, -0.1) is 0 Å². The molecule has 2 heterocycles. The van der Waals surface area contributed by atoms with Gasteiger partial charge in [0.15, 0.2) is 5.13 Å². The molecule has 0 radical (unpaired) electrons. The second kappa shape index (κ2) is 10.2. The summed E-state index contributed by atoms with van der Waals surface area (Å²) in [7, 11) is -2.28. The third-order valence-corrected chi connectivity index (χ3v) is 8.97. The monoisotopic (exact) mass is 531 g/mol. The van der Waals surface area contributed by atoms with Gasteiger partial charge in [-0.05, 0) is 66.6 Å². The fraction of sp³-hybridized carbons (Fsp3) is 0.143. The first-order valence-corrected chi connectivity index (χ1v) is 14.0. The molecule has 5 aromatic rings. The number of anilines is 2. The Morgan fingerprint density at radius 2 is 1.70 bits per heavy atom. The number of aromatic nitrogens is 1. The van der Waals surface area contributed by atoms with Crippen molar-refractivity contribution in [3.05, 3.63) is 108 Å². The van der Waals surface area contributed by atoms with Crippen LogP contribution in [0.25, 0.3) is 10.2 Å². The number of aryl methyl sites for hydroxylation is 1. The summed E-state index contributed by atoms with van der Waals surface area (Å²) in [4.78, 5) is 20.2. The lowest BCUT2D eigenvalue weighted by Gasteiger charge is -2.21. The van der Waals surface area contributed by atoms with Gasteiger partial charge in [0.2, 0.25) is 0 Å². The predicted molar refractivity (Wildman–Crippen MR) is 147 cm³/mol. The second-order valence-corrected chi connectivity index (χ2v) is 11.4. The Hall–Kier alpha value is -3.95. The molecule has 0 spiro atoms. The molecule has 0 aliphatic heterocycles. The number of sulfonamides is 1. The van der Waals surface area contributed by atoms with Crippen LogP contribution in [0, 0.1) is 0 Å². The van der Waals surface area contributed by atoms with Crippen LogP contribution in [0.1, 0.15) is 28.6 Å². The van der Waals surface area contributed by atoms with Gasteiger partial charge in [0, 0.05) is 12.6 Å². The molecule has 5 rings (SSSR count). The van der Waals surface area contributed by atoms with E-state index in [-0.39, 0.29) is 17.3 Å². The fourth-order valence-corrected chi connectivity index (χ4v) is 6.25. The maximum Gasteiger partial charge on any atom is 0.264 e. The van der Waals surface area contributed by atoms with E-state index in [4.69, 9.17) is 9.40 Å². The van der Waals surface area contributed by atoms with Gasteiger partial charge in [-0.2, -0.15) is 0 Å². The summed E-state index contributed by atoms with van der Waals surface area (Å²) in [6.45, 7) is 2.27. The van der Waals surface area contributed by atoms with Crippen LogP contribution in [0.15, 0.2) is 101 Å². The molecule has 9 heteroatoms. The highest BCUT2D eigenvalue weighted by atomic mass is 32.2. The number of thiazole rings is 1. The topological polar surface area (TPSA) is 83.7 Å². The Morgan fingerprint density at radius 1 is 0.946 bits per heavy atom. The Kier molecular flexibility index (Phi) is 6.82. The molecule has 0 fully saturated rings. The van der Waals surface area contributed by atoms with Crippen molar-refractivity contribution < 1.29 is 17.6 Å². The van der Waals surface area contributed by atoms with Crippen molar-refractivity contribution in [1.82, 2.24) is 4.98 Å². The summed E-state index contributed by atoms with van der Waals surface area (Å²) < 4.78 is 34.0. The van der Waals surface area contributed by atoms with E-state index in [1.165, 1.54) is 47.0 Å². The van der Waals surface area contributed by atoms with E-state index in [9.17, 15) is 13.2 Å². The molecule has 0 saturated heterocycles. The number of fused-ring (bicyclic) bond motifs is 1. The number of carbonyl (C=O) groups is 1. The summed E-state index contributed by atoms with van der Waals surface area (Å²) in [6, 6.07) is 24.4.